The van der Waals surface area contributed by atoms with Crippen molar-refractivity contribution in [3.05, 3.63) is 0 Å². The van der Waals surface area contributed by atoms with E-state index in [0.717, 1.165) is 6.42 Å². The van der Waals surface area contributed by atoms with Crippen LogP contribution in [0.4, 0.5) is 0 Å². The van der Waals surface area contributed by atoms with Gasteiger partial charge in [0, 0.05) is 31.7 Å². The fourth-order valence-corrected chi connectivity index (χ4v) is 2.81. The van der Waals surface area contributed by atoms with Gasteiger partial charge in [0.2, 0.25) is 5.91 Å². The molecule has 1 saturated heterocycles. The lowest BCUT2D eigenvalue weighted by atomic mass is 9.96. The molecule has 0 radical (unpaired) electrons. The lowest BCUT2D eigenvalue weighted by molar-refractivity contribution is -0.133. The van der Waals surface area contributed by atoms with Crippen LogP contribution >= 0.6 is 0 Å². The molecule has 0 spiro atoms. The van der Waals surface area contributed by atoms with E-state index >= 15 is 0 Å². The van der Waals surface area contributed by atoms with Gasteiger partial charge in [-0.15, -0.1) is 0 Å². The van der Waals surface area contributed by atoms with Crippen LogP contribution in [0, 0.1) is 0 Å². The summed E-state index contributed by atoms with van der Waals surface area (Å²) in [4.78, 5) is 16.4. The Labute approximate surface area is 104 Å². The summed E-state index contributed by atoms with van der Waals surface area (Å²) in [6.45, 7) is 3.44. The van der Waals surface area contributed by atoms with Gasteiger partial charge in [0.25, 0.3) is 0 Å². The normalized spacial score (nSPS) is 30.3. The molecular formula is C13H25N3O. The fraction of sp³-hybridized carbons (Fsp3) is 0.923. The fourth-order valence-electron chi connectivity index (χ4n) is 2.81. The van der Waals surface area contributed by atoms with Gasteiger partial charge in [-0.3, -0.25) is 9.69 Å². The van der Waals surface area contributed by atoms with E-state index in [9.17, 15) is 4.79 Å². The maximum absolute atomic E-state index is 12.1. The summed E-state index contributed by atoms with van der Waals surface area (Å²) in [7, 11) is 1.94. The van der Waals surface area contributed by atoms with Crippen LogP contribution in [0.3, 0.4) is 0 Å². The molecule has 2 aliphatic rings. The average molecular weight is 239 g/mol. The van der Waals surface area contributed by atoms with Crippen molar-refractivity contribution in [3.8, 4) is 0 Å². The first-order valence-corrected chi connectivity index (χ1v) is 6.85. The van der Waals surface area contributed by atoms with Crippen LogP contribution in [-0.4, -0.2) is 54.0 Å². The lowest BCUT2D eigenvalue weighted by Gasteiger charge is -2.40. The molecule has 1 heterocycles. The number of likely N-dealkylation sites (tertiary alicyclic amines) is 1. The molecule has 2 N–H and O–H groups in total. The number of nitrogens with two attached hydrogens (primary N) is 1. The smallest absolute Gasteiger partial charge is 0.236 e. The number of nitrogens with zero attached hydrogens (tertiary/aromatic N) is 2. The number of hydrogen-bond donors (Lipinski definition) is 1. The summed E-state index contributed by atoms with van der Waals surface area (Å²) < 4.78 is 0. The first-order valence-electron chi connectivity index (χ1n) is 6.85. The molecule has 0 aromatic rings. The van der Waals surface area contributed by atoms with Crippen molar-refractivity contribution in [1.82, 2.24) is 9.80 Å². The monoisotopic (exact) mass is 239 g/mol. The molecule has 2 unspecified atom stereocenters. The van der Waals surface area contributed by atoms with E-state index in [1.54, 1.807) is 0 Å². The van der Waals surface area contributed by atoms with E-state index in [1.807, 2.05) is 11.9 Å². The van der Waals surface area contributed by atoms with Gasteiger partial charge in [-0.2, -0.15) is 0 Å². The van der Waals surface area contributed by atoms with Crippen LogP contribution in [0.1, 0.15) is 39.0 Å². The Morgan fingerprint density at radius 1 is 1.35 bits per heavy atom. The van der Waals surface area contributed by atoms with E-state index in [0.29, 0.717) is 31.2 Å². The zero-order valence-corrected chi connectivity index (χ0v) is 11.1. The van der Waals surface area contributed by atoms with E-state index in [1.165, 1.54) is 25.7 Å². The number of rotatable bonds is 4. The Balaban J connectivity index is 1.91. The molecule has 4 nitrogen and oxygen atoms in total. The molecule has 1 aliphatic carbocycles. The van der Waals surface area contributed by atoms with Gasteiger partial charge in [-0.1, -0.05) is 6.42 Å². The predicted molar refractivity (Wildman–Crippen MR) is 68.7 cm³/mol. The third kappa shape index (κ3) is 2.99. The summed E-state index contributed by atoms with van der Waals surface area (Å²) in [6, 6.07) is 1.41. The molecule has 0 bridgehead atoms. The van der Waals surface area contributed by atoms with Crippen LogP contribution in [-0.2, 0) is 4.79 Å². The molecule has 1 aliphatic heterocycles. The Morgan fingerprint density at radius 3 is 2.65 bits per heavy atom. The van der Waals surface area contributed by atoms with Crippen molar-refractivity contribution in [1.29, 1.82) is 0 Å². The van der Waals surface area contributed by atoms with Gasteiger partial charge >= 0.3 is 0 Å². The topological polar surface area (TPSA) is 49.6 Å². The quantitative estimate of drug-likeness (QED) is 0.790. The van der Waals surface area contributed by atoms with E-state index in [2.05, 4.69) is 11.8 Å². The number of hydrogen-bond acceptors (Lipinski definition) is 3. The highest BCUT2D eigenvalue weighted by Crippen LogP contribution is 2.27. The maximum atomic E-state index is 12.1. The average Bonchev–Trinajstić information content (AvgIpc) is 3.14. The van der Waals surface area contributed by atoms with Crippen molar-refractivity contribution >= 4 is 5.91 Å². The van der Waals surface area contributed by atoms with Crippen molar-refractivity contribution in [2.24, 2.45) is 5.73 Å². The lowest BCUT2D eigenvalue weighted by Crippen LogP contribution is -2.52. The first kappa shape index (κ1) is 12.8. The number of likely N-dealkylation sites (N-methyl/N-ethyl adjacent to an activating group) is 1. The minimum atomic E-state index is 0.264. The standard InChI is InChI=1S/C13H25N3O/c1-10-4-3-5-12(8-14)16(10)9-13(17)15(2)11-6-7-11/h10-12H,3-9,14H2,1-2H3. The van der Waals surface area contributed by atoms with Gasteiger partial charge in [-0.05, 0) is 32.6 Å². The molecule has 1 saturated carbocycles. The predicted octanol–water partition coefficient (Wildman–Crippen LogP) is 0.809. The number of carbonyl (C=O) groups is 1. The summed E-state index contributed by atoms with van der Waals surface area (Å²) in [6.07, 6.45) is 5.93. The van der Waals surface area contributed by atoms with E-state index in [-0.39, 0.29) is 5.91 Å². The largest absolute Gasteiger partial charge is 0.342 e. The molecule has 0 aromatic carbocycles. The van der Waals surface area contributed by atoms with Crippen molar-refractivity contribution in [2.45, 2.75) is 57.2 Å². The van der Waals surface area contributed by atoms with Crippen molar-refractivity contribution < 1.29 is 4.79 Å². The summed E-state index contributed by atoms with van der Waals surface area (Å²) in [5.41, 5.74) is 5.81. The highest BCUT2D eigenvalue weighted by Gasteiger charge is 2.33. The van der Waals surface area contributed by atoms with Crippen LogP contribution in [0.2, 0.25) is 0 Å². The number of piperidine rings is 1. The van der Waals surface area contributed by atoms with Gasteiger partial charge in [0.1, 0.15) is 0 Å². The Bertz CT molecular complexity index is 278. The maximum Gasteiger partial charge on any atom is 0.236 e. The summed E-state index contributed by atoms with van der Waals surface area (Å²) in [5.74, 6) is 0.264. The Morgan fingerprint density at radius 2 is 2.06 bits per heavy atom. The first-order chi connectivity index (χ1) is 8.13. The zero-order chi connectivity index (χ0) is 12.4. The SMILES string of the molecule is CC1CCCC(CN)N1CC(=O)N(C)C1CC1. The second kappa shape index (κ2) is 5.36. The van der Waals surface area contributed by atoms with Gasteiger partial charge in [0.15, 0.2) is 0 Å². The third-order valence-electron chi connectivity index (χ3n) is 4.27. The molecule has 98 valence electrons. The van der Waals surface area contributed by atoms with Crippen molar-refractivity contribution in [2.75, 3.05) is 20.1 Å². The highest BCUT2D eigenvalue weighted by atomic mass is 16.2. The van der Waals surface area contributed by atoms with Crippen molar-refractivity contribution in [3.63, 3.8) is 0 Å². The second-order valence-electron chi connectivity index (χ2n) is 5.58. The van der Waals surface area contributed by atoms with Gasteiger partial charge in [0.05, 0.1) is 6.54 Å². The Hall–Kier alpha value is -0.610. The van der Waals surface area contributed by atoms with Gasteiger partial charge < -0.3 is 10.6 Å². The second-order valence-corrected chi connectivity index (χ2v) is 5.58. The highest BCUT2D eigenvalue weighted by molar-refractivity contribution is 5.78. The molecule has 2 atom stereocenters. The minimum absolute atomic E-state index is 0.264. The third-order valence-corrected chi connectivity index (χ3v) is 4.27. The number of carbonyl (C=O) groups excluding carboxylic acids is 1. The summed E-state index contributed by atoms with van der Waals surface area (Å²) in [5, 5.41) is 0. The molecule has 2 rings (SSSR count). The van der Waals surface area contributed by atoms with E-state index in [4.69, 9.17) is 5.73 Å². The van der Waals surface area contributed by atoms with Gasteiger partial charge in [-0.25, -0.2) is 0 Å². The minimum Gasteiger partial charge on any atom is -0.342 e. The van der Waals surface area contributed by atoms with Crippen LogP contribution in [0.5, 0.6) is 0 Å². The number of amides is 1. The molecule has 4 heteroatoms. The molecule has 0 aromatic heterocycles. The molecule has 2 fully saturated rings. The van der Waals surface area contributed by atoms with Crippen LogP contribution < -0.4 is 5.73 Å². The van der Waals surface area contributed by atoms with Crippen LogP contribution in [0.15, 0.2) is 0 Å². The van der Waals surface area contributed by atoms with Crippen LogP contribution in [0.25, 0.3) is 0 Å². The molecular weight excluding hydrogens is 214 g/mol. The molecule has 1 amide bonds. The Kier molecular flexibility index (Phi) is 4.05. The molecule has 17 heavy (non-hydrogen) atoms. The summed E-state index contributed by atoms with van der Waals surface area (Å²) >= 11 is 0. The van der Waals surface area contributed by atoms with E-state index < -0.39 is 0 Å². The zero-order valence-electron chi connectivity index (χ0n) is 11.1.